The molecule has 8 nitrogen and oxygen atoms in total. The summed E-state index contributed by atoms with van der Waals surface area (Å²) in [5.41, 5.74) is 0.454. The number of oxime groups is 1. The number of rotatable bonds is 4. The molecule has 1 fully saturated rings. The summed E-state index contributed by atoms with van der Waals surface area (Å²) < 4.78 is 0. The molecule has 1 N–H and O–H groups in total. The molecule has 1 saturated carbocycles. The third-order valence-electron chi connectivity index (χ3n) is 2.98. The van der Waals surface area contributed by atoms with Crippen molar-refractivity contribution in [3.8, 4) is 0 Å². The van der Waals surface area contributed by atoms with Crippen LogP contribution in [-0.2, 0) is 4.84 Å². The van der Waals surface area contributed by atoms with E-state index in [2.05, 4.69) is 9.99 Å². The van der Waals surface area contributed by atoms with E-state index >= 15 is 0 Å². The third-order valence-corrected chi connectivity index (χ3v) is 2.98. The summed E-state index contributed by atoms with van der Waals surface area (Å²) >= 11 is 0. The largest absolute Gasteiger partial charge is 0.440 e. The predicted octanol–water partition coefficient (Wildman–Crippen LogP) is 2.25. The highest BCUT2D eigenvalue weighted by atomic mass is 16.7. The van der Waals surface area contributed by atoms with Crippen molar-refractivity contribution in [1.82, 2.24) is 5.32 Å². The molecule has 1 aromatic rings. The van der Waals surface area contributed by atoms with Crippen LogP contribution in [0.2, 0.25) is 0 Å². The number of non-ortho nitro benzene ring substituents is 1. The number of hydrogen-bond acceptors (Lipinski definition) is 6. The lowest BCUT2D eigenvalue weighted by Gasteiger charge is -2.02. The summed E-state index contributed by atoms with van der Waals surface area (Å²) in [5.74, 6) is -0.437. The topological polar surface area (TPSA) is 111 Å². The lowest BCUT2D eigenvalue weighted by Crippen LogP contribution is -2.30. The van der Waals surface area contributed by atoms with Crippen molar-refractivity contribution >= 4 is 23.4 Å². The van der Waals surface area contributed by atoms with Gasteiger partial charge >= 0.3 is 6.09 Å². The lowest BCUT2D eigenvalue weighted by atomic mass is 10.2. The summed E-state index contributed by atoms with van der Waals surface area (Å²) in [4.78, 5) is 37.7. The van der Waals surface area contributed by atoms with Gasteiger partial charge in [-0.2, -0.15) is 0 Å². The fraction of sp³-hybridized carbons (Fsp3) is 0.308. The van der Waals surface area contributed by atoms with Gasteiger partial charge in [0, 0.05) is 23.6 Å². The fourth-order valence-corrected chi connectivity index (χ4v) is 1.64. The van der Waals surface area contributed by atoms with Crippen molar-refractivity contribution in [2.45, 2.75) is 19.8 Å². The molecule has 0 radical (unpaired) electrons. The van der Waals surface area contributed by atoms with Crippen LogP contribution in [-0.4, -0.2) is 22.6 Å². The minimum Gasteiger partial charge on any atom is -0.298 e. The lowest BCUT2D eigenvalue weighted by molar-refractivity contribution is -0.384. The van der Waals surface area contributed by atoms with Crippen molar-refractivity contribution < 1.29 is 19.3 Å². The Bertz CT molecular complexity index is 622. The molecule has 2 rings (SSSR count). The van der Waals surface area contributed by atoms with Gasteiger partial charge in [-0.15, -0.1) is 0 Å². The average molecular weight is 291 g/mol. The van der Waals surface area contributed by atoms with Gasteiger partial charge in [0.05, 0.1) is 10.6 Å². The molecular formula is C13H13N3O5. The Labute approximate surface area is 119 Å². The zero-order valence-corrected chi connectivity index (χ0v) is 11.2. The number of benzene rings is 1. The second-order valence-electron chi connectivity index (χ2n) is 4.65. The number of carbonyl (C=O) groups is 2. The van der Waals surface area contributed by atoms with Gasteiger partial charge in [0.15, 0.2) is 0 Å². The highest BCUT2D eigenvalue weighted by Crippen LogP contribution is 2.30. The van der Waals surface area contributed by atoms with Crippen LogP contribution in [0.4, 0.5) is 10.5 Å². The Morgan fingerprint density at radius 2 is 2.14 bits per heavy atom. The van der Waals surface area contributed by atoms with Gasteiger partial charge in [0.2, 0.25) is 0 Å². The first kappa shape index (κ1) is 14.6. The van der Waals surface area contributed by atoms with Crippen LogP contribution in [0.25, 0.3) is 0 Å². The molecule has 0 bridgehead atoms. The van der Waals surface area contributed by atoms with E-state index in [1.54, 1.807) is 6.92 Å². The SMILES string of the molecule is C/C(=N/OC(=O)NC(=O)c1cccc([N+](=O)[O-])c1)C1CC1. The first-order valence-corrected chi connectivity index (χ1v) is 6.28. The van der Waals surface area contributed by atoms with E-state index < -0.39 is 16.9 Å². The second kappa shape index (κ2) is 6.12. The van der Waals surface area contributed by atoms with Crippen LogP contribution in [0.3, 0.4) is 0 Å². The molecule has 0 heterocycles. The van der Waals surface area contributed by atoms with Crippen molar-refractivity contribution in [3.05, 3.63) is 39.9 Å². The summed E-state index contributed by atoms with van der Waals surface area (Å²) in [5, 5.41) is 16.2. The number of nitro benzene ring substituents is 1. The first-order chi connectivity index (χ1) is 9.97. The molecule has 2 amide bonds. The second-order valence-corrected chi connectivity index (χ2v) is 4.65. The summed E-state index contributed by atoms with van der Waals surface area (Å²) in [7, 11) is 0. The van der Waals surface area contributed by atoms with Crippen molar-refractivity contribution in [3.63, 3.8) is 0 Å². The molecule has 0 aliphatic heterocycles. The summed E-state index contributed by atoms with van der Waals surface area (Å²) in [6.45, 7) is 1.74. The maximum absolute atomic E-state index is 11.7. The molecular weight excluding hydrogens is 278 g/mol. The van der Waals surface area contributed by atoms with Crippen LogP contribution in [0.1, 0.15) is 30.1 Å². The smallest absolute Gasteiger partial charge is 0.298 e. The van der Waals surface area contributed by atoms with Gasteiger partial charge in [-0.3, -0.25) is 25.1 Å². The van der Waals surface area contributed by atoms with E-state index in [0.717, 1.165) is 18.9 Å². The number of nitro groups is 1. The maximum atomic E-state index is 11.7. The minimum absolute atomic E-state index is 0.0101. The number of amides is 2. The average Bonchev–Trinajstić information content (AvgIpc) is 3.29. The minimum atomic E-state index is -1.02. The Morgan fingerprint density at radius 1 is 1.43 bits per heavy atom. The maximum Gasteiger partial charge on any atom is 0.440 e. The van der Waals surface area contributed by atoms with E-state index in [0.29, 0.717) is 11.6 Å². The van der Waals surface area contributed by atoms with Crippen LogP contribution in [0, 0.1) is 16.0 Å². The molecule has 0 spiro atoms. The van der Waals surface area contributed by atoms with E-state index in [-0.39, 0.29) is 11.3 Å². The Balaban J connectivity index is 1.94. The van der Waals surface area contributed by atoms with Crippen LogP contribution < -0.4 is 5.32 Å². The zero-order valence-electron chi connectivity index (χ0n) is 11.2. The molecule has 1 aliphatic rings. The van der Waals surface area contributed by atoms with E-state index in [1.165, 1.54) is 18.2 Å². The number of hydrogen-bond donors (Lipinski definition) is 1. The van der Waals surface area contributed by atoms with Crippen LogP contribution in [0.15, 0.2) is 29.4 Å². The normalized spacial score (nSPS) is 14.4. The highest BCUT2D eigenvalue weighted by Gasteiger charge is 2.25. The van der Waals surface area contributed by atoms with Gasteiger partial charge < -0.3 is 0 Å². The summed E-state index contributed by atoms with van der Waals surface area (Å²) in [6.07, 6.45) is 1.02. The summed E-state index contributed by atoms with van der Waals surface area (Å²) in [6, 6.07) is 5.03. The molecule has 1 aliphatic carbocycles. The Morgan fingerprint density at radius 3 is 2.76 bits per heavy atom. The number of nitrogens with one attached hydrogen (secondary N) is 1. The monoisotopic (exact) mass is 291 g/mol. The quantitative estimate of drug-likeness (QED) is 0.396. The predicted molar refractivity (Wildman–Crippen MR) is 72.9 cm³/mol. The van der Waals surface area contributed by atoms with Crippen LogP contribution in [0.5, 0.6) is 0 Å². The zero-order chi connectivity index (χ0) is 15.4. The molecule has 0 saturated heterocycles. The first-order valence-electron chi connectivity index (χ1n) is 6.28. The van der Waals surface area contributed by atoms with Gasteiger partial charge in [0.25, 0.3) is 11.6 Å². The van der Waals surface area contributed by atoms with Crippen molar-refractivity contribution in [2.75, 3.05) is 0 Å². The molecule has 0 atom stereocenters. The molecule has 0 aromatic heterocycles. The van der Waals surface area contributed by atoms with E-state index in [4.69, 9.17) is 0 Å². The number of imide groups is 1. The van der Waals surface area contributed by atoms with Crippen molar-refractivity contribution in [2.24, 2.45) is 11.1 Å². The molecule has 110 valence electrons. The Hall–Kier alpha value is -2.77. The van der Waals surface area contributed by atoms with Gasteiger partial charge in [-0.05, 0) is 25.8 Å². The molecule has 1 aromatic carbocycles. The molecule has 8 heteroatoms. The highest BCUT2D eigenvalue weighted by molar-refractivity contribution is 6.03. The van der Waals surface area contributed by atoms with Gasteiger partial charge in [-0.1, -0.05) is 11.2 Å². The third kappa shape index (κ3) is 4.10. The van der Waals surface area contributed by atoms with Gasteiger partial charge in [0.1, 0.15) is 0 Å². The van der Waals surface area contributed by atoms with E-state index in [1.807, 2.05) is 5.32 Å². The Kier molecular flexibility index (Phi) is 4.27. The standard InChI is InChI=1S/C13H13N3O5/c1-8(9-5-6-9)15-21-13(18)14-12(17)10-3-2-4-11(7-10)16(19)20/h2-4,7,9H,5-6H2,1H3,(H,14,17,18)/b15-8-. The van der Waals surface area contributed by atoms with E-state index in [9.17, 15) is 19.7 Å². The molecule has 0 unspecified atom stereocenters. The number of carbonyl (C=O) groups excluding carboxylic acids is 2. The number of nitrogens with zero attached hydrogens (tertiary/aromatic N) is 2. The van der Waals surface area contributed by atoms with Gasteiger partial charge in [-0.25, -0.2) is 4.79 Å². The molecule has 21 heavy (non-hydrogen) atoms. The van der Waals surface area contributed by atoms with Crippen molar-refractivity contribution in [1.29, 1.82) is 0 Å². The fourth-order valence-electron chi connectivity index (χ4n) is 1.64. The van der Waals surface area contributed by atoms with Crippen LogP contribution >= 0.6 is 0 Å².